The van der Waals surface area contributed by atoms with Crippen molar-refractivity contribution in [3.05, 3.63) is 63.5 Å². The first-order chi connectivity index (χ1) is 13.6. The van der Waals surface area contributed by atoms with Gasteiger partial charge in [-0.2, -0.15) is 13.2 Å². The molecule has 0 bridgehead atoms. The van der Waals surface area contributed by atoms with Crippen LogP contribution in [0.1, 0.15) is 12.7 Å². The standard InChI is InChI=1S/C20H14ClF3O5/c1-10(19(26)27-2)28-13-7-8-14-15(9-13)29-18(20(22,23)24)16(17(14)25)11-3-5-12(21)6-4-11/h3-10H,1-2H3/t10-/m1/s1. The van der Waals surface area contributed by atoms with Crippen molar-refractivity contribution in [2.75, 3.05) is 7.11 Å². The molecule has 0 unspecified atom stereocenters. The van der Waals surface area contributed by atoms with Crippen LogP contribution in [0.15, 0.2) is 51.7 Å². The number of rotatable bonds is 4. The molecular formula is C20H14ClF3O5. The van der Waals surface area contributed by atoms with Gasteiger partial charge in [-0.1, -0.05) is 23.7 Å². The van der Waals surface area contributed by atoms with Crippen molar-refractivity contribution in [1.82, 2.24) is 0 Å². The van der Waals surface area contributed by atoms with Gasteiger partial charge in [-0.3, -0.25) is 4.79 Å². The maximum absolute atomic E-state index is 13.6. The lowest BCUT2D eigenvalue weighted by Crippen LogP contribution is -2.24. The van der Waals surface area contributed by atoms with E-state index in [9.17, 15) is 22.8 Å². The smallest absolute Gasteiger partial charge is 0.450 e. The molecule has 1 aromatic heterocycles. The minimum Gasteiger partial charge on any atom is -0.479 e. The number of alkyl halides is 3. The van der Waals surface area contributed by atoms with E-state index in [1.54, 1.807) is 0 Å². The topological polar surface area (TPSA) is 65.7 Å². The molecule has 1 atom stereocenters. The number of hydrogen-bond donors (Lipinski definition) is 0. The van der Waals surface area contributed by atoms with E-state index < -0.39 is 35.0 Å². The summed E-state index contributed by atoms with van der Waals surface area (Å²) in [6.45, 7) is 1.41. The van der Waals surface area contributed by atoms with Crippen molar-refractivity contribution in [1.29, 1.82) is 0 Å². The van der Waals surface area contributed by atoms with Gasteiger partial charge in [0.1, 0.15) is 11.3 Å². The molecule has 1 heterocycles. The summed E-state index contributed by atoms with van der Waals surface area (Å²) >= 11 is 5.78. The molecule has 0 aliphatic carbocycles. The van der Waals surface area contributed by atoms with E-state index in [0.29, 0.717) is 5.02 Å². The Morgan fingerprint density at radius 2 is 1.79 bits per heavy atom. The van der Waals surface area contributed by atoms with Crippen LogP contribution in [-0.4, -0.2) is 19.2 Å². The number of hydrogen-bond acceptors (Lipinski definition) is 5. The normalized spacial score (nSPS) is 12.6. The molecule has 0 N–H and O–H groups in total. The summed E-state index contributed by atoms with van der Waals surface area (Å²) in [5, 5.41) is 0.245. The molecule has 29 heavy (non-hydrogen) atoms. The summed E-state index contributed by atoms with van der Waals surface area (Å²) in [5.41, 5.74) is -1.77. The van der Waals surface area contributed by atoms with Crippen molar-refractivity contribution in [3.63, 3.8) is 0 Å². The second-order valence-corrected chi connectivity index (χ2v) is 6.52. The number of methoxy groups -OCH3 is 1. The predicted octanol–water partition coefficient (Wildman–Crippen LogP) is 5.07. The summed E-state index contributed by atoms with van der Waals surface area (Å²) < 4.78 is 55.8. The van der Waals surface area contributed by atoms with Gasteiger partial charge in [-0.05, 0) is 36.8 Å². The molecule has 9 heteroatoms. The Bertz CT molecular complexity index is 1120. The molecule has 0 aliphatic rings. The number of esters is 1. The van der Waals surface area contributed by atoms with E-state index in [4.69, 9.17) is 20.8 Å². The van der Waals surface area contributed by atoms with Crippen LogP contribution in [-0.2, 0) is 15.7 Å². The van der Waals surface area contributed by atoms with Crippen molar-refractivity contribution >= 4 is 28.5 Å². The Balaban J connectivity index is 2.19. The van der Waals surface area contributed by atoms with Crippen molar-refractivity contribution < 1.29 is 31.9 Å². The van der Waals surface area contributed by atoms with Gasteiger partial charge in [0.25, 0.3) is 0 Å². The summed E-state index contributed by atoms with van der Waals surface area (Å²) in [6.07, 6.45) is -5.92. The highest BCUT2D eigenvalue weighted by Crippen LogP contribution is 2.38. The lowest BCUT2D eigenvalue weighted by molar-refractivity contribution is -0.152. The second-order valence-electron chi connectivity index (χ2n) is 6.08. The number of ether oxygens (including phenoxy) is 2. The van der Waals surface area contributed by atoms with E-state index >= 15 is 0 Å². The highest BCUT2D eigenvalue weighted by atomic mass is 35.5. The average Bonchev–Trinajstić information content (AvgIpc) is 2.67. The monoisotopic (exact) mass is 426 g/mol. The van der Waals surface area contributed by atoms with E-state index in [1.807, 2.05) is 0 Å². The molecular weight excluding hydrogens is 413 g/mol. The van der Waals surface area contributed by atoms with Crippen molar-refractivity contribution in [2.45, 2.75) is 19.2 Å². The first-order valence-electron chi connectivity index (χ1n) is 8.30. The van der Waals surface area contributed by atoms with Gasteiger partial charge in [0.05, 0.1) is 18.1 Å². The molecule has 5 nitrogen and oxygen atoms in total. The molecule has 0 saturated carbocycles. The van der Waals surface area contributed by atoms with Gasteiger partial charge in [0.15, 0.2) is 6.10 Å². The Morgan fingerprint density at radius 3 is 2.38 bits per heavy atom. The van der Waals surface area contributed by atoms with Crippen LogP contribution in [0.25, 0.3) is 22.1 Å². The molecule has 0 spiro atoms. The van der Waals surface area contributed by atoms with E-state index in [0.717, 1.165) is 6.07 Å². The van der Waals surface area contributed by atoms with Gasteiger partial charge in [-0.15, -0.1) is 0 Å². The fourth-order valence-corrected chi connectivity index (χ4v) is 2.87. The second kappa shape index (κ2) is 7.79. The van der Waals surface area contributed by atoms with E-state index in [2.05, 4.69) is 4.74 Å². The number of fused-ring (bicyclic) bond motifs is 1. The Kier molecular flexibility index (Phi) is 5.57. The van der Waals surface area contributed by atoms with Crippen LogP contribution in [0, 0.1) is 0 Å². The molecule has 0 fully saturated rings. The predicted molar refractivity (Wildman–Crippen MR) is 100 cm³/mol. The minimum atomic E-state index is -4.92. The molecule has 0 saturated heterocycles. The van der Waals surface area contributed by atoms with Crippen LogP contribution >= 0.6 is 11.6 Å². The van der Waals surface area contributed by atoms with E-state index in [-0.39, 0.29) is 22.3 Å². The zero-order chi connectivity index (χ0) is 21.3. The molecule has 3 aromatic rings. The van der Waals surface area contributed by atoms with E-state index in [1.165, 1.54) is 50.4 Å². The molecule has 0 radical (unpaired) electrons. The van der Waals surface area contributed by atoms with Gasteiger partial charge < -0.3 is 13.9 Å². The summed E-state index contributed by atoms with van der Waals surface area (Å²) in [5.74, 6) is -2.05. The van der Waals surface area contributed by atoms with Crippen LogP contribution in [0.2, 0.25) is 5.02 Å². The van der Waals surface area contributed by atoms with Crippen LogP contribution in [0.4, 0.5) is 13.2 Å². The third-order valence-corrected chi connectivity index (χ3v) is 4.35. The molecule has 3 rings (SSSR count). The van der Waals surface area contributed by atoms with Gasteiger partial charge in [0, 0.05) is 11.1 Å². The summed E-state index contributed by atoms with van der Waals surface area (Å²) in [6, 6.07) is 9.14. The van der Waals surface area contributed by atoms with Crippen molar-refractivity contribution in [2.24, 2.45) is 0 Å². The average molecular weight is 427 g/mol. The fraction of sp³-hybridized carbons (Fsp3) is 0.200. The molecule has 2 aromatic carbocycles. The Labute approximate surface area is 167 Å². The van der Waals surface area contributed by atoms with Crippen LogP contribution in [0.5, 0.6) is 5.75 Å². The third-order valence-electron chi connectivity index (χ3n) is 4.10. The molecule has 0 aliphatic heterocycles. The zero-order valence-electron chi connectivity index (χ0n) is 15.2. The quantitative estimate of drug-likeness (QED) is 0.545. The largest absolute Gasteiger partial charge is 0.479 e. The van der Waals surface area contributed by atoms with Gasteiger partial charge in [0.2, 0.25) is 11.2 Å². The van der Waals surface area contributed by atoms with Gasteiger partial charge >= 0.3 is 12.1 Å². The van der Waals surface area contributed by atoms with Crippen LogP contribution in [0.3, 0.4) is 0 Å². The first kappa shape index (κ1) is 20.7. The number of benzene rings is 2. The molecule has 152 valence electrons. The Morgan fingerprint density at radius 1 is 1.14 bits per heavy atom. The Hall–Kier alpha value is -3.00. The van der Waals surface area contributed by atoms with Crippen molar-refractivity contribution in [3.8, 4) is 16.9 Å². The number of carbonyl (C=O) groups is 1. The highest BCUT2D eigenvalue weighted by Gasteiger charge is 2.39. The number of halogens is 4. The summed E-state index contributed by atoms with van der Waals surface area (Å²) in [4.78, 5) is 24.3. The molecule has 0 amide bonds. The zero-order valence-corrected chi connectivity index (χ0v) is 15.9. The SMILES string of the molecule is COC(=O)[C@@H](C)Oc1ccc2c(=O)c(-c3ccc(Cl)cc3)c(C(F)(F)F)oc2c1. The lowest BCUT2D eigenvalue weighted by atomic mass is 10.0. The lowest BCUT2D eigenvalue weighted by Gasteiger charge is -2.15. The fourth-order valence-electron chi connectivity index (χ4n) is 2.74. The van der Waals surface area contributed by atoms with Crippen LogP contribution < -0.4 is 10.2 Å². The maximum Gasteiger partial charge on any atom is 0.450 e. The minimum absolute atomic E-state index is 0.0250. The third kappa shape index (κ3) is 4.22. The first-order valence-corrected chi connectivity index (χ1v) is 8.68. The highest BCUT2D eigenvalue weighted by molar-refractivity contribution is 6.30. The number of carbonyl (C=O) groups excluding carboxylic acids is 1. The van der Waals surface area contributed by atoms with Gasteiger partial charge in [-0.25, -0.2) is 4.79 Å². The maximum atomic E-state index is 13.6. The summed E-state index contributed by atoms with van der Waals surface area (Å²) in [7, 11) is 1.18.